The molecule has 4 rings (SSSR count). The molecule has 0 saturated carbocycles. The Morgan fingerprint density at radius 1 is 1.04 bits per heavy atom. The summed E-state index contributed by atoms with van der Waals surface area (Å²) in [4.78, 5) is 17.5. The number of hydrogen-bond donors (Lipinski definition) is 1. The van der Waals surface area contributed by atoms with Crippen molar-refractivity contribution in [1.29, 1.82) is 0 Å². The first-order valence-corrected chi connectivity index (χ1v) is 10.8. The normalized spacial score (nSPS) is 10.8. The Bertz CT molecular complexity index is 1070. The van der Waals surface area contributed by atoms with Crippen LogP contribution in [0.4, 0.5) is 5.69 Å². The summed E-state index contributed by atoms with van der Waals surface area (Å²) < 4.78 is 2.41. The standard InChI is InChI=1S/C21H16N2OSSe/c1-14-6-2-10-17(26-18-11-5-13-25-18)19(14)21(24)23-16-9-3-7-15-8-4-12-22-20(15)16/h2-13H,1H3,(H,23,24). The second-order valence-electron chi connectivity index (χ2n) is 5.82. The average Bonchev–Trinajstić information content (AvgIpc) is 3.15. The van der Waals surface area contributed by atoms with Crippen LogP contribution < -0.4 is 13.6 Å². The van der Waals surface area contributed by atoms with Crippen LogP contribution in [0, 0.1) is 6.92 Å². The second kappa shape index (κ2) is 7.42. The van der Waals surface area contributed by atoms with E-state index in [9.17, 15) is 4.79 Å². The van der Waals surface area contributed by atoms with Crippen molar-refractivity contribution in [2.45, 2.75) is 6.92 Å². The van der Waals surface area contributed by atoms with Crippen molar-refractivity contribution < 1.29 is 4.79 Å². The van der Waals surface area contributed by atoms with E-state index >= 15 is 0 Å². The third kappa shape index (κ3) is 3.42. The molecule has 0 aliphatic heterocycles. The summed E-state index contributed by atoms with van der Waals surface area (Å²) >= 11 is 1.85. The van der Waals surface area contributed by atoms with E-state index in [0.29, 0.717) is 0 Å². The number of carbonyl (C=O) groups excluding carboxylic acids is 1. The number of nitrogens with zero attached hydrogens (tertiary/aromatic N) is 1. The fourth-order valence-corrected chi connectivity index (χ4v) is 6.27. The third-order valence-electron chi connectivity index (χ3n) is 4.05. The monoisotopic (exact) mass is 424 g/mol. The first-order valence-electron chi connectivity index (χ1n) is 8.18. The molecule has 0 radical (unpaired) electrons. The van der Waals surface area contributed by atoms with E-state index in [1.807, 2.05) is 49.4 Å². The fraction of sp³-hybridized carbons (Fsp3) is 0.0476. The van der Waals surface area contributed by atoms with Gasteiger partial charge in [-0.25, -0.2) is 0 Å². The Labute approximate surface area is 162 Å². The van der Waals surface area contributed by atoms with Crippen molar-refractivity contribution in [1.82, 2.24) is 4.98 Å². The zero-order valence-corrected chi connectivity index (χ0v) is 16.6. The molecule has 128 valence electrons. The van der Waals surface area contributed by atoms with Gasteiger partial charge < -0.3 is 0 Å². The first-order chi connectivity index (χ1) is 12.7. The van der Waals surface area contributed by atoms with E-state index in [0.717, 1.165) is 32.2 Å². The van der Waals surface area contributed by atoms with E-state index in [4.69, 9.17) is 0 Å². The van der Waals surface area contributed by atoms with Gasteiger partial charge in [0.2, 0.25) is 0 Å². The Balaban J connectivity index is 1.70. The predicted octanol–water partition coefficient (Wildman–Crippen LogP) is 3.51. The van der Waals surface area contributed by atoms with Gasteiger partial charge in [0, 0.05) is 0 Å². The number of nitrogens with one attached hydrogen (secondary N) is 1. The van der Waals surface area contributed by atoms with Crippen LogP contribution in [0.3, 0.4) is 0 Å². The number of amides is 1. The van der Waals surface area contributed by atoms with Crippen LogP contribution in [0.5, 0.6) is 0 Å². The average molecular weight is 423 g/mol. The molecule has 1 N–H and O–H groups in total. The van der Waals surface area contributed by atoms with Gasteiger partial charge in [0.1, 0.15) is 0 Å². The van der Waals surface area contributed by atoms with Crippen molar-refractivity contribution in [2.75, 3.05) is 5.32 Å². The van der Waals surface area contributed by atoms with Crippen LogP contribution in [0.25, 0.3) is 10.9 Å². The first kappa shape index (κ1) is 17.0. The summed E-state index contributed by atoms with van der Waals surface area (Å²) in [6.45, 7) is 1.99. The Hall–Kier alpha value is -2.46. The van der Waals surface area contributed by atoms with Gasteiger partial charge in [0.05, 0.1) is 0 Å². The van der Waals surface area contributed by atoms with Crippen LogP contribution in [-0.4, -0.2) is 25.8 Å². The molecule has 2 heterocycles. The number of para-hydroxylation sites is 1. The molecule has 2 aromatic carbocycles. The molecule has 0 bridgehead atoms. The number of rotatable bonds is 4. The molecule has 4 aromatic rings. The molecule has 5 heteroatoms. The van der Waals surface area contributed by atoms with E-state index in [1.165, 1.54) is 3.78 Å². The molecule has 1 amide bonds. The van der Waals surface area contributed by atoms with Crippen molar-refractivity contribution in [3.05, 3.63) is 83.4 Å². The van der Waals surface area contributed by atoms with Crippen molar-refractivity contribution in [2.24, 2.45) is 0 Å². The second-order valence-corrected chi connectivity index (χ2v) is 9.62. The molecule has 0 atom stereocenters. The van der Waals surface area contributed by atoms with Gasteiger partial charge in [-0.1, -0.05) is 0 Å². The Kier molecular flexibility index (Phi) is 4.85. The number of anilines is 1. The van der Waals surface area contributed by atoms with Crippen LogP contribution >= 0.6 is 11.3 Å². The molecule has 0 spiro atoms. The maximum atomic E-state index is 13.1. The molecule has 26 heavy (non-hydrogen) atoms. The van der Waals surface area contributed by atoms with E-state index < -0.39 is 0 Å². The van der Waals surface area contributed by atoms with Crippen LogP contribution in [0.2, 0.25) is 0 Å². The third-order valence-corrected chi connectivity index (χ3v) is 7.63. The molecule has 0 aliphatic carbocycles. The van der Waals surface area contributed by atoms with Gasteiger partial charge >= 0.3 is 162 Å². The van der Waals surface area contributed by atoms with Gasteiger partial charge in [0.25, 0.3) is 0 Å². The topological polar surface area (TPSA) is 42.0 Å². The van der Waals surface area contributed by atoms with Gasteiger partial charge in [-0.3, -0.25) is 0 Å². The number of aryl methyl sites for hydroxylation is 1. The molecule has 0 saturated heterocycles. The van der Waals surface area contributed by atoms with Crippen molar-refractivity contribution >= 4 is 57.0 Å². The van der Waals surface area contributed by atoms with Crippen molar-refractivity contribution in [3.63, 3.8) is 0 Å². The molecule has 0 aliphatic rings. The molecule has 2 aromatic heterocycles. The summed E-state index contributed by atoms with van der Waals surface area (Å²) in [5.74, 6) is -0.0744. The molecule has 0 fully saturated rings. The predicted molar refractivity (Wildman–Crippen MR) is 110 cm³/mol. The Morgan fingerprint density at radius 3 is 2.73 bits per heavy atom. The summed E-state index contributed by atoms with van der Waals surface area (Å²) in [6, 6.07) is 20.0. The zero-order chi connectivity index (χ0) is 17.9. The minimum atomic E-state index is -0.0744. The molecule has 0 unspecified atom stereocenters. The van der Waals surface area contributed by atoms with Crippen LogP contribution in [-0.2, 0) is 0 Å². The SMILES string of the molecule is Cc1cccc([Se]c2cccs2)c1C(=O)Nc1cccc2cccnc12. The quantitative estimate of drug-likeness (QED) is 0.511. The number of fused-ring (bicyclic) bond motifs is 1. The van der Waals surface area contributed by atoms with Crippen LogP contribution in [0.1, 0.15) is 15.9 Å². The number of aromatic nitrogens is 1. The number of hydrogen-bond acceptors (Lipinski definition) is 3. The molecule has 3 nitrogen and oxygen atoms in total. The van der Waals surface area contributed by atoms with Crippen molar-refractivity contribution in [3.8, 4) is 0 Å². The van der Waals surface area contributed by atoms with Gasteiger partial charge in [0.15, 0.2) is 0 Å². The summed E-state index contributed by atoms with van der Waals surface area (Å²) in [6.07, 6.45) is 1.75. The Morgan fingerprint density at radius 2 is 1.88 bits per heavy atom. The van der Waals surface area contributed by atoms with Gasteiger partial charge in [-0.2, -0.15) is 0 Å². The van der Waals surface area contributed by atoms with E-state index in [1.54, 1.807) is 17.5 Å². The number of thiophene rings is 1. The van der Waals surface area contributed by atoms with Gasteiger partial charge in [-0.05, 0) is 0 Å². The van der Waals surface area contributed by atoms with Gasteiger partial charge in [-0.15, -0.1) is 0 Å². The van der Waals surface area contributed by atoms with E-state index in [-0.39, 0.29) is 20.9 Å². The fourth-order valence-electron chi connectivity index (χ4n) is 2.84. The number of benzene rings is 2. The summed E-state index contributed by atoms with van der Waals surface area (Å²) in [7, 11) is 0. The number of pyridine rings is 1. The number of carbonyl (C=O) groups is 1. The molecular formula is C21H16N2OSSe. The summed E-state index contributed by atoms with van der Waals surface area (Å²) in [5, 5.41) is 6.16. The molecular weight excluding hydrogens is 407 g/mol. The minimum absolute atomic E-state index is 0.0744. The zero-order valence-electron chi connectivity index (χ0n) is 14.1. The van der Waals surface area contributed by atoms with E-state index in [2.05, 4.69) is 33.9 Å². The maximum absolute atomic E-state index is 13.1. The van der Waals surface area contributed by atoms with Crippen LogP contribution in [0.15, 0.2) is 72.2 Å². The summed E-state index contributed by atoms with van der Waals surface area (Å²) in [5.41, 5.74) is 3.31.